The van der Waals surface area contributed by atoms with Crippen LogP contribution in [0, 0.1) is 10.8 Å². The average molecular weight is 240 g/mol. The topological polar surface area (TPSA) is 29.3 Å². The Morgan fingerprint density at radius 2 is 1.71 bits per heavy atom. The van der Waals surface area contributed by atoms with Crippen molar-refractivity contribution in [1.29, 1.82) is 0 Å². The second-order valence-corrected chi connectivity index (χ2v) is 7.31. The van der Waals surface area contributed by atoms with Gasteiger partial charge in [0.05, 0.1) is 0 Å². The molecule has 1 fully saturated rings. The van der Waals surface area contributed by atoms with Gasteiger partial charge in [0.1, 0.15) is 0 Å². The van der Waals surface area contributed by atoms with Crippen LogP contribution in [-0.2, 0) is 0 Å². The lowest BCUT2D eigenvalue weighted by molar-refractivity contribution is 0.126. The lowest BCUT2D eigenvalue weighted by atomic mass is 9.82. The van der Waals surface area contributed by atoms with Gasteiger partial charge in [0, 0.05) is 0 Å². The van der Waals surface area contributed by atoms with Crippen molar-refractivity contribution in [2.24, 2.45) is 16.6 Å². The second kappa shape index (κ2) is 6.19. The number of likely N-dealkylation sites (tertiary alicyclic amines) is 1. The Morgan fingerprint density at radius 3 is 2.24 bits per heavy atom. The summed E-state index contributed by atoms with van der Waals surface area (Å²) in [7, 11) is 0. The van der Waals surface area contributed by atoms with Crippen molar-refractivity contribution >= 4 is 0 Å². The molecule has 0 amide bonds. The summed E-state index contributed by atoms with van der Waals surface area (Å²) in [4.78, 5) is 2.64. The van der Waals surface area contributed by atoms with E-state index in [1.54, 1.807) is 0 Å². The van der Waals surface area contributed by atoms with Crippen LogP contribution in [0.5, 0.6) is 0 Å². The maximum atomic E-state index is 5.65. The molecule has 102 valence electrons. The highest BCUT2D eigenvalue weighted by molar-refractivity contribution is 4.79. The van der Waals surface area contributed by atoms with Gasteiger partial charge in [-0.15, -0.1) is 0 Å². The molecule has 1 heterocycles. The predicted octanol–water partition coefficient (Wildman–Crippen LogP) is 3.26. The molecular weight excluding hydrogens is 208 g/mol. The zero-order valence-corrected chi connectivity index (χ0v) is 12.4. The van der Waals surface area contributed by atoms with Crippen LogP contribution in [0.3, 0.4) is 0 Å². The fourth-order valence-corrected chi connectivity index (χ4v) is 2.68. The molecule has 2 N–H and O–H groups in total. The van der Waals surface area contributed by atoms with Gasteiger partial charge in [-0.1, -0.05) is 27.7 Å². The number of hydrogen-bond acceptors (Lipinski definition) is 2. The van der Waals surface area contributed by atoms with Gasteiger partial charge in [0.2, 0.25) is 0 Å². The van der Waals surface area contributed by atoms with Crippen molar-refractivity contribution in [3.63, 3.8) is 0 Å². The van der Waals surface area contributed by atoms with Crippen molar-refractivity contribution < 1.29 is 0 Å². The first-order valence-corrected chi connectivity index (χ1v) is 7.27. The molecule has 0 aromatic rings. The Hall–Kier alpha value is -0.0800. The summed E-state index contributed by atoms with van der Waals surface area (Å²) in [5, 5.41) is 0. The largest absolute Gasteiger partial charge is 0.330 e. The highest BCUT2D eigenvalue weighted by atomic mass is 15.1. The molecule has 2 heteroatoms. The quantitative estimate of drug-likeness (QED) is 0.772. The number of nitrogens with zero attached hydrogens (tertiary/aromatic N) is 1. The van der Waals surface area contributed by atoms with Gasteiger partial charge in [0.25, 0.3) is 0 Å². The smallest absolute Gasteiger partial charge is 0.00136 e. The zero-order chi connectivity index (χ0) is 12.9. The summed E-state index contributed by atoms with van der Waals surface area (Å²) in [6.07, 6.45) is 6.51. The Morgan fingerprint density at radius 1 is 1.12 bits per heavy atom. The van der Waals surface area contributed by atoms with Crippen LogP contribution in [0.15, 0.2) is 0 Å². The van der Waals surface area contributed by atoms with E-state index in [4.69, 9.17) is 5.73 Å². The van der Waals surface area contributed by atoms with Crippen LogP contribution in [0.4, 0.5) is 0 Å². The molecule has 0 aromatic heterocycles. The summed E-state index contributed by atoms with van der Waals surface area (Å²) in [6, 6.07) is 0. The fourth-order valence-electron chi connectivity index (χ4n) is 2.68. The summed E-state index contributed by atoms with van der Waals surface area (Å²) < 4.78 is 0. The number of rotatable bonds is 6. The van der Waals surface area contributed by atoms with Crippen LogP contribution in [0.25, 0.3) is 0 Å². The molecule has 1 aliphatic heterocycles. The van der Waals surface area contributed by atoms with E-state index in [0.29, 0.717) is 10.8 Å². The van der Waals surface area contributed by atoms with Crippen molar-refractivity contribution in [3.05, 3.63) is 0 Å². The van der Waals surface area contributed by atoms with Crippen molar-refractivity contribution in [2.45, 2.75) is 59.8 Å². The van der Waals surface area contributed by atoms with Gasteiger partial charge >= 0.3 is 0 Å². The molecule has 1 saturated heterocycles. The molecule has 0 unspecified atom stereocenters. The van der Waals surface area contributed by atoms with Crippen molar-refractivity contribution in [1.82, 2.24) is 4.90 Å². The van der Waals surface area contributed by atoms with Gasteiger partial charge in [-0.3, -0.25) is 0 Å². The number of piperidine rings is 1. The van der Waals surface area contributed by atoms with Crippen LogP contribution < -0.4 is 5.73 Å². The molecule has 2 nitrogen and oxygen atoms in total. The molecule has 0 atom stereocenters. The van der Waals surface area contributed by atoms with E-state index in [1.165, 1.54) is 45.3 Å². The normalized spacial score (nSPS) is 21.7. The van der Waals surface area contributed by atoms with E-state index >= 15 is 0 Å². The molecule has 1 rings (SSSR count). The minimum absolute atomic E-state index is 0.434. The standard InChI is InChI=1S/C15H32N2/c1-14(2,7-10-16)6-5-11-17-12-8-15(3,4)9-13-17/h5-13,16H2,1-4H3. The summed E-state index contributed by atoms with van der Waals surface area (Å²) in [5.74, 6) is 0. The van der Waals surface area contributed by atoms with Crippen molar-refractivity contribution in [3.8, 4) is 0 Å². The van der Waals surface area contributed by atoms with E-state index in [1.807, 2.05) is 0 Å². The van der Waals surface area contributed by atoms with Gasteiger partial charge in [0.15, 0.2) is 0 Å². The van der Waals surface area contributed by atoms with Crippen LogP contribution in [0.1, 0.15) is 59.8 Å². The first-order valence-electron chi connectivity index (χ1n) is 7.27. The van der Waals surface area contributed by atoms with E-state index in [2.05, 4.69) is 32.6 Å². The third-order valence-corrected chi connectivity index (χ3v) is 4.36. The van der Waals surface area contributed by atoms with Crippen molar-refractivity contribution in [2.75, 3.05) is 26.2 Å². The van der Waals surface area contributed by atoms with Gasteiger partial charge < -0.3 is 10.6 Å². The number of hydrogen-bond donors (Lipinski definition) is 1. The summed E-state index contributed by atoms with van der Waals surface area (Å²) >= 11 is 0. The summed E-state index contributed by atoms with van der Waals surface area (Å²) in [6.45, 7) is 14.2. The van der Waals surface area contributed by atoms with Gasteiger partial charge in [-0.05, 0) is 69.1 Å². The van der Waals surface area contributed by atoms with Gasteiger partial charge in [-0.25, -0.2) is 0 Å². The maximum absolute atomic E-state index is 5.65. The van der Waals surface area contributed by atoms with Gasteiger partial charge in [-0.2, -0.15) is 0 Å². The molecule has 0 spiro atoms. The predicted molar refractivity (Wildman–Crippen MR) is 76.1 cm³/mol. The molecule has 1 aliphatic rings. The Labute approximate surface area is 108 Å². The minimum Gasteiger partial charge on any atom is -0.330 e. The third kappa shape index (κ3) is 5.87. The molecule has 0 aromatic carbocycles. The Kier molecular flexibility index (Phi) is 5.46. The SMILES string of the molecule is CC(C)(CCN)CCCN1CCC(C)(C)CC1. The lowest BCUT2D eigenvalue weighted by Crippen LogP contribution is -2.38. The zero-order valence-electron chi connectivity index (χ0n) is 12.4. The third-order valence-electron chi connectivity index (χ3n) is 4.36. The summed E-state index contributed by atoms with van der Waals surface area (Å²) in [5.41, 5.74) is 6.66. The molecular formula is C15H32N2. The van der Waals surface area contributed by atoms with E-state index in [-0.39, 0.29) is 0 Å². The fraction of sp³-hybridized carbons (Fsp3) is 1.00. The highest BCUT2D eigenvalue weighted by Gasteiger charge is 2.25. The monoisotopic (exact) mass is 240 g/mol. The van der Waals surface area contributed by atoms with Crippen LogP contribution in [0.2, 0.25) is 0 Å². The van der Waals surface area contributed by atoms with Crippen LogP contribution >= 0.6 is 0 Å². The highest BCUT2D eigenvalue weighted by Crippen LogP contribution is 2.30. The van der Waals surface area contributed by atoms with E-state index in [9.17, 15) is 0 Å². The van der Waals surface area contributed by atoms with E-state index in [0.717, 1.165) is 13.0 Å². The average Bonchev–Trinajstić information content (AvgIpc) is 2.20. The molecule has 0 aliphatic carbocycles. The second-order valence-electron chi connectivity index (χ2n) is 7.31. The minimum atomic E-state index is 0.434. The molecule has 17 heavy (non-hydrogen) atoms. The van der Waals surface area contributed by atoms with E-state index < -0.39 is 0 Å². The number of nitrogens with two attached hydrogens (primary N) is 1. The first-order chi connectivity index (χ1) is 7.85. The first kappa shape index (κ1) is 15.0. The molecule has 0 radical (unpaired) electrons. The lowest BCUT2D eigenvalue weighted by Gasteiger charge is -2.37. The molecule has 0 saturated carbocycles. The molecule has 0 bridgehead atoms. The maximum Gasteiger partial charge on any atom is -0.00136 e. The Bertz CT molecular complexity index is 211. The Balaban J connectivity index is 2.16. The van der Waals surface area contributed by atoms with Crippen LogP contribution in [-0.4, -0.2) is 31.1 Å².